The van der Waals surface area contributed by atoms with Crippen LogP contribution in [-0.4, -0.2) is 34.9 Å². The number of rotatable bonds is 10. The minimum absolute atomic E-state index is 0. The van der Waals surface area contributed by atoms with E-state index in [2.05, 4.69) is 128 Å². The number of hydrogen-bond donors (Lipinski definition) is 0. The summed E-state index contributed by atoms with van der Waals surface area (Å²) >= 11 is 0. The first-order valence-corrected chi connectivity index (χ1v) is 16.2. The molecular weight excluding hydrogens is 592 g/mol. The number of benzene rings is 4. The van der Waals surface area contributed by atoms with Crippen molar-refractivity contribution < 1.29 is 14.3 Å². The fourth-order valence-electron chi connectivity index (χ4n) is 7.60. The summed E-state index contributed by atoms with van der Waals surface area (Å²) in [6.07, 6.45) is 3.37. The van der Waals surface area contributed by atoms with Gasteiger partial charge in [0, 0.05) is 44.2 Å². The van der Waals surface area contributed by atoms with Gasteiger partial charge >= 0.3 is 5.97 Å². The maximum Gasteiger partial charge on any atom is 0.313 e. The molecular formula is C43H58N2O3. The largest absolute Gasteiger partial charge is 0.465 e. The first kappa shape index (κ1) is 38.4. The summed E-state index contributed by atoms with van der Waals surface area (Å²) < 4.78 is 16.5. The molecule has 5 heteroatoms. The van der Waals surface area contributed by atoms with Crippen LogP contribution in [0.3, 0.4) is 0 Å². The average molecular weight is 651 g/mol. The summed E-state index contributed by atoms with van der Waals surface area (Å²) in [5.41, 5.74) is 5.26. The number of fused-ring (bicyclic) bond motifs is 7. The van der Waals surface area contributed by atoms with Crippen molar-refractivity contribution in [3.05, 3.63) is 91.0 Å². The fourth-order valence-corrected chi connectivity index (χ4v) is 7.60. The van der Waals surface area contributed by atoms with E-state index in [-0.39, 0.29) is 47.1 Å². The van der Waals surface area contributed by atoms with Crippen LogP contribution in [0.15, 0.2) is 91.0 Å². The van der Waals surface area contributed by atoms with E-state index in [4.69, 9.17) is 9.47 Å². The zero-order valence-corrected chi connectivity index (χ0v) is 26.3. The van der Waals surface area contributed by atoms with E-state index in [0.29, 0.717) is 13.0 Å². The Kier molecular flexibility index (Phi) is 12.0. The lowest BCUT2D eigenvalue weighted by molar-refractivity contribution is -0.164. The van der Waals surface area contributed by atoms with Crippen LogP contribution in [0.2, 0.25) is 0 Å². The lowest BCUT2D eigenvalue weighted by atomic mass is 9.77. The summed E-state index contributed by atoms with van der Waals surface area (Å²) in [7, 11) is 0. The molecule has 0 N–H and O–H groups in total. The minimum Gasteiger partial charge on any atom is -0.465 e. The molecule has 0 spiro atoms. The van der Waals surface area contributed by atoms with Crippen LogP contribution >= 0.6 is 0 Å². The van der Waals surface area contributed by atoms with Gasteiger partial charge in [-0.05, 0) is 62.9 Å². The van der Waals surface area contributed by atoms with E-state index in [0.717, 1.165) is 49.2 Å². The zero-order valence-electron chi connectivity index (χ0n) is 26.3. The van der Waals surface area contributed by atoms with E-state index >= 15 is 0 Å². The van der Waals surface area contributed by atoms with Crippen LogP contribution in [-0.2, 0) is 14.3 Å². The Balaban J connectivity index is 0.00000156. The third-order valence-corrected chi connectivity index (χ3v) is 10.6. The number of aromatic nitrogens is 2. The van der Waals surface area contributed by atoms with Crippen molar-refractivity contribution in [3.8, 4) is 5.69 Å². The number of para-hydroxylation sites is 3. The third kappa shape index (κ3) is 5.81. The lowest BCUT2D eigenvalue weighted by Gasteiger charge is -2.41. The number of hydrogen-bond acceptors (Lipinski definition) is 3. The molecule has 0 amide bonds. The van der Waals surface area contributed by atoms with Crippen molar-refractivity contribution in [1.82, 2.24) is 9.13 Å². The first-order chi connectivity index (χ1) is 21.5. The van der Waals surface area contributed by atoms with Gasteiger partial charge in [-0.3, -0.25) is 4.79 Å². The highest BCUT2D eigenvalue weighted by Crippen LogP contribution is 2.47. The zero-order chi connectivity index (χ0) is 30.5. The predicted octanol–water partition coefficient (Wildman–Crippen LogP) is 12.2. The normalized spacial score (nSPS) is 15.3. The Morgan fingerprint density at radius 1 is 0.792 bits per heavy atom. The van der Waals surface area contributed by atoms with Crippen LogP contribution in [0.5, 0.6) is 0 Å². The van der Waals surface area contributed by atoms with Gasteiger partial charge in [-0.2, -0.15) is 0 Å². The molecule has 2 atom stereocenters. The first-order valence-electron chi connectivity index (χ1n) is 16.2. The summed E-state index contributed by atoms with van der Waals surface area (Å²) in [6, 6.07) is 32.4. The molecule has 2 unspecified atom stereocenters. The lowest BCUT2D eigenvalue weighted by Crippen LogP contribution is -2.44. The number of carbonyl (C=O) groups excluding carboxylic acids is 1. The maximum atomic E-state index is 14.1. The van der Waals surface area contributed by atoms with Gasteiger partial charge in [0.2, 0.25) is 0 Å². The number of carbonyl (C=O) groups is 1. The SMILES string of the molecule is C.C.C.C.CCC(n1c2ccccc2c2ccc3c(c4ccccc4n3-c3ccccc3)c21)C(C)(CC)C(=O)OCCC1(CC)COC1. The molecule has 1 aliphatic rings. The molecule has 0 bridgehead atoms. The molecule has 1 aliphatic heterocycles. The molecule has 0 aliphatic carbocycles. The molecule has 6 aromatic rings. The van der Waals surface area contributed by atoms with Gasteiger partial charge in [0.1, 0.15) is 0 Å². The monoisotopic (exact) mass is 650 g/mol. The highest BCUT2D eigenvalue weighted by Gasteiger charge is 2.44. The summed E-state index contributed by atoms with van der Waals surface area (Å²) in [6.45, 7) is 10.6. The van der Waals surface area contributed by atoms with Crippen LogP contribution < -0.4 is 0 Å². The quantitative estimate of drug-likeness (QED) is 0.139. The number of ether oxygens (including phenoxy) is 2. The number of esters is 1. The van der Waals surface area contributed by atoms with E-state index < -0.39 is 5.41 Å². The van der Waals surface area contributed by atoms with Gasteiger partial charge < -0.3 is 18.6 Å². The molecule has 3 heterocycles. The Morgan fingerprint density at radius 3 is 2.02 bits per heavy atom. The van der Waals surface area contributed by atoms with Gasteiger partial charge in [-0.25, -0.2) is 0 Å². The molecule has 0 radical (unpaired) electrons. The Hall–Kier alpha value is -4.09. The maximum absolute atomic E-state index is 14.1. The molecule has 48 heavy (non-hydrogen) atoms. The van der Waals surface area contributed by atoms with E-state index in [1.165, 1.54) is 32.6 Å². The van der Waals surface area contributed by atoms with Crippen molar-refractivity contribution >= 4 is 49.6 Å². The van der Waals surface area contributed by atoms with Crippen LogP contribution in [0.25, 0.3) is 49.3 Å². The van der Waals surface area contributed by atoms with Crippen molar-refractivity contribution in [1.29, 1.82) is 0 Å². The summed E-state index contributed by atoms with van der Waals surface area (Å²) in [5.74, 6) is -0.108. The van der Waals surface area contributed by atoms with Crippen molar-refractivity contribution in [2.75, 3.05) is 19.8 Å². The molecule has 4 aromatic carbocycles. The Morgan fingerprint density at radius 2 is 1.42 bits per heavy atom. The third-order valence-electron chi connectivity index (χ3n) is 10.6. The van der Waals surface area contributed by atoms with Gasteiger partial charge in [0.05, 0.1) is 41.8 Å². The second kappa shape index (κ2) is 15.0. The molecule has 2 aromatic heterocycles. The topological polar surface area (TPSA) is 45.4 Å². The Bertz CT molecular complexity index is 1980. The van der Waals surface area contributed by atoms with Crippen molar-refractivity contribution in [3.63, 3.8) is 0 Å². The van der Waals surface area contributed by atoms with E-state index in [1.54, 1.807) is 0 Å². The second-order valence-electron chi connectivity index (χ2n) is 12.9. The Labute approximate surface area is 288 Å². The van der Waals surface area contributed by atoms with Crippen molar-refractivity contribution in [2.45, 2.75) is 89.1 Å². The van der Waals surface area contributed by atoms with Gasteiger partial charge in [-0.15, -0.1) is 0 Å². The van der Waals surface area contributed by atoms with Gasteiger partial charge in [0.25, 0.3) is 0 Å². The highest BCUT2D eigenvalue weighted by atomic mass is 16.5. The fraction of sp³-hybridized carbons (Fsp3) is 0.419. The molecule has 7 rings (SSSR count). The van der Waals surface area contributed by atoms with Crippen LogP contribution in [0.1, 0.15) is 89.1 Å². The van der Waals surface area contributed by atoms with E-state index in [1.807, 2.05) is 0 Å². The predicted molar refractivity (Wildman–Crippen MR) is 208 cm³/mol. The van der Waals surface area contributed by atoms with Gasteiger partial charge in [-0.1, -0.05) is 111 Å². The smallest absolute Gasteiger partial charge is 0.313 e. The summed E-state index contributed by atoms with van der Waals surface area (Å²) in [5, 5.41) is 4.85. The van der Waals surface area contributed by atoms with Crippen molar-refractivity contribution in [2.24, 2.45) is 10.8 Å². The molecule has 0 saturated carbocycles. The van der Waals surface area contributed by atoms with Crippen LogP contribution in [0.4, 0.5) is 0 Å². The minimum atomic E-state index is -0.709. The second-order valence-corrected chi connectivity index (χ2v) is 12.9. The summed E-state index contributed by atoms with van der Waals surface area (Å²) in [4.78, 5) is 14.1. The number of nitrogens with zero attached hydrogens (tertiary/aromatic N) is 2. The van der Waals surface area contributed by atoms with Crippen LogP contribution in [0, 0.1) is 10.8 Å². The van der Waals surface area contributed by atoms with E-state index in [9.17, 15) is 4.79 Å². The van der Waals surface area contributed by atoms with Gasteiger partial charge in [0.15, 0.2) is 0 Å². The molecule has 1 saturated heterocycles. The average Bonchev–Trinajstić information content (AvgIpc) is 3.56. The molecule has 5 nitrogen and oxygen atoms in total. The molecule has 258 valence electrons. The molecule has 1 fully saturated rings. The highest BCUT2D eigenvalue weighted by molar-refractivity contribution is 6.25. The standard InChI is InChI=1S/C39H42N2O3.4CH4/c1-5-34(38(4,6-2)37(42)44-24-23-39(7-3)25-43-26-39)41-31-19-13-11-17-28(31)29-21-22-33-35(36(29)41)30-18-12-14-20-32(30)40(33)27-15-9-8-10-16-27;;;;/h8-22,34H,5-7,23-26H2,1-4H3;4*1H4.